The molecule has 0 rings (SSSR count). The molecule has 0 aromatic rings. The van der Waals surface area contributed by atoms with Crippen molar-refractivity contribution < 1.29 is 0 Å². The quantitative estimate of drug-likeness (QED) is 0.507. The van der Waals surface area contributed by atoms with Gasteiger partial charge in [0, 0.05) is 6.54 Å². The van der Waals surface area contributed by atoms with Gasteiger partial charge in [-0.2, -0.15) is 0 Å². The number of halogens is 1. The summed E-state index contributed by atoms with van der Waals surface area (Å²) in [6.07, 6.45) is 7.25. The molecular weight excluding hydrogens is 158 g/mol. The Morgan fingerprint density at radius 1 is 1.36 bits per heavy atom. The Kier molecular flexibility index (Phi) is 12.3. The van der Waals surface area contributed by atoms with Crippen molar-refractivity contribution in [2.24, 2.45) is 5.73 Å². The lowest BCUT2D eigenvalue weighted by Crippen LogP contribution is -2.02. The lowest BCUT2D eigenvalue weighted by atomic mass is 10.1. The SMILES string of the molecule is CC=C(CN)CCCCC.Cl. The number of hydrogen-bond donors (Lipinski definition) is 1. The molecule has 1 nitrogen and oxygen atoms in total. The fourth-order valence-electron chi connectivity index (χ4n) is 0.966. The average Bonchev–Trinajstić information content (AvgIpc) is 1.99. The van der Waals surface area contributed by atoms with Gasteiger partial charge in [0.2, 0.25) is 0 Å². The Balaban J connectivity index is 0. The summed E-state index contributed by atoms with van der Waals surface area (Å²) in [4.78, 5) is 0. The molecule has 0 bridgehead atoms. The zero-order valence-electron chi connectivity index (χ0n) is 7.60. The molecule has 0 aromatic carbocycles. The first-order valence-electron chi connectivity index (χ1n) is 4.19. The second-order valence-electron chi connectivity index (χ2n) is 2.61. The molecular formula is C9H20ClN. The number of nitrogens with two attached hydrogens (primary N) is 1. The van der Waals surface area contributed by atoms with Crippen molar-refractivity contribution in [1.29, 1.82) is 0 Å². The molecule has 68 valence electrons. The fourth-order valence-corrected chi connectivity index (χ4v) is 0.966. The Labute approximate surface area is 76.5 Å². The summed E-state index contributed by atoms with van der Waals surface area (Å²) in [6, 6.07) is 0. The molecule has 0 unspecified atom stereocenters. The van der Waals surface area contributed by atoms with Crippen molar-refractivity contribution >= 4 is 12.4 Å². The predicted octanol–water partition coefficient (Wildman–Crippen LogP) is 2.89. The number of hydrogen-bond acceptors (Lipinski definition) is 1. The summed E-state index contributed by atoms with van der Waals surface area (Å²) in [5.74, 6) is 0. The zero-order chi connectivity index (χ0) is 7.82. The Morgan fingerprint density at radius 2 is 2.00 bits per heavy atom. The maximum atomic E-state index is 5.50. The van der Waals surface area contributed by atoms with E-state index in [1.54, 1.807) is 0 Å². The molecule has 0 radical (unpaired) electrons. The predicted molar refractivity (Wildman–Crippen MR) is 54.2 cm³/mol. The first-order chi connectivity index (χ1) is 4.85. The molecule has 0 saturated carbocycles. The van der Waals surface area contributed by atoms with Crippen LogP contribution in [-0.4, -0.2) is 6.54 Å². The van der Waals surface area contributed by atoms with Crippen molar-refractivity contribution in [3.63, 3.8) is 0 Å². The molecule has 0 aromatic heterocycles. The summed E-state index contributed by atoms with van der Waals surface area (Å²) < 4.78 is 0. The highest BCUT2D eigenvalue weighted by Crippen LogP contribution is 2.06. The lowest BCUT2D eigenvalue weighted by molar-refractivity contribution is 0.706. The van der Waals surface area contributed by atoms with Crippen LogP contribution in [0.5, 0.6) is 0 Å². The third-order valence-electron chi connectivity index (χ3n) is 1.77. The van der Waals surface area contributed by atoms with Crippen molar-refractivity contribution in [3.8, 4) is 0 Å². The van der Waals surface area contributed by atoms with Gasteiger partial charge < -0.3 is 5.73 Å². The second-order valence-corrected chi connectivity index (χ2v) is 2.61. The van der Waals surface area contributed by atoms with Gasteiger partial charge in [0.1, 0.15) is 0 Å². The van der Waals surface area contributed by atoms with Crippen LogP contribution >= 0.6 is 12.4 Å². The van der Waals surface area contributed by atoms with Crippen molar-refractivity contribution in [3.05, 3.63) is 11.6 Å². The second kappa shape index (κ2) is 9.99. The largest absolute Gasteiger partial charge is 0.327 e. The molecule has 11 heavy (non-hydrogen) atoms. The third-order valence-corrected chi connectivity index (χ3v) is 1.77. The van der Waals surface area contributed by atoms with Crippen molar-refractivity contribution in [1.82, 2.24) is 0 Å². The van der Waals surface area contributed by atoms with Crippen LogP contribution in [0.2, 0.25) is 0 Å². The van der Waals surface area contributed by atoms with E-state index in [0.717, 1.165) is 6.54 Å². The number of unbranched alkanes of at least 4 members (excludes halogenated alkanes) is 2. The van der Waals surface area contributed by atoms with Crippen LogP contribution < -0.4 is 5.73 Å². The molecule has 0 atom stereocenters. The molecule has 2 heteroatoms. The topological polar surface area (TPSA) is 26.0 Å². The maximum absolute atomic E-state index is 5.50. The van der Waals surface area contributed by atoms with Crippen LogP contribution in [0.1, 0.15) is 39.5 Å². The van der Waals surface area contributed by atoms with E-state index in [1.165, 1.54) is 31.3 Å². The molecule has 0 aliphatic rings. The van der Waals surface area contributed by atoms with Crippen molar-refractivity contribution in [2.75, 3.05) is 6.54 Å². The van der Waals surface area contributed by atoms with Crippen LogP contribution in [0.3, 0.4) is 0 Å². The normalized spacial score (nSPS) is 11.0. The number of rotatable bonds is 5. The van der Waals surface area contributed by atoms with Gasteiger partial charge in [-0.25, -0.2) is 0 Å². The third kappa shape index (κ3) is 7.89. The highest BCUT2D eigenvalue weighted by Gasteiger charge is 1.91. The Morgan fingerprint density at radius 3 is 2.36 bits per heavy atom. The minimum Gasteiger partial charge on any atom is -0.327 e. The number of allylic oxidation sites excluding steroid dienone is 1. The van der Waals surface area contributed by atoms with Gasteiger partial charge in [0.05, 0.1) is 0 Å². The molecule has 0 fully saturated rings. The van der Waals surface area contributed by atoms with E-state index in [2.05, 4.69) is 19.9 Å². The average molecular weight is 178 g/mol. The van der Waals surface area contributed by atoms with Gasteiger partial charge in [-0.3, -0.25) is 0 Å². The molecule has 0 heterocycles. The standard InChI is InChI=1S/C9H19N.ClH/c1-3-5-6-7-9(4-2)8-10;/h4H,3,5-8,10H2,1-2H3;1H. The van der Waals surface area contributed by atoms with Gasteiger partial charge >= 0.3 is 0 Å². The minimum atomic E-state index is 0. The lowest BCUT2D eigenvalue weighted by Gasteiger charge is -2.01. The zero-order valence-corrected chi connectivity index (χ0v) is 8.41. The summed E-state index contributed by atoms with van der Waals surface area (Å²) in [5, 5.41) is 0. The smallest absolute Gasteiger partial charge is 0.0136 e. The Bertz CT molecular complexity index is 99.7. The van der Waals surface area contributed by atoms with Crippen LogP contribution in [-0.2, 0) is 0 Å². The van der Waals surface area contributed by atoms with E-state index in [1.807, 2.05) is 0 Å². The van der Waals surface area contributed by atoms with Crippen LogP contribution in [0.25, 0.3) is 0 Å². The van der Waals surface area contributed by atoms with Gasteiger partial charge in [-0.1, -0.05) is 31.4 Å². The molecule has 2 N–H and O–H groups in total. The van der Waals surface area contributed by atoms with E-state index in [9.17, 15) is 0 Å². The highest BCUT2D eigenvalue weighted by molar-refractivity contribution is 5.85. The van der Waals surface area contributed by atoms with E-state index in [-0.39, 0.29) is 12.4 Å². The van der Waals surface area contributed by atoms with Crippen LogP contribution in [0.15, 0.2) is 11.6 Å². The minimum absolute atomic E-state index is 0. The monoisotopic (exact) mass is 177 g/mol. The molecule has 0 amide bonds. The summed E-state index contributed by atoms with van der Waals surface area (Å²) in [7, 11) is 0. The van der Waals surface area contributed by atoms with Gasteiger partial charge in [-0.05, 0) is 19.8 Å². The molecule has 0 spiro atoms. The first-order valence-corrected chi connectivity index (χ1v) is 4.19. The summed E-state index contributed by atoms with van der Waals surface area (Å²) >= 11 is 0. The van der Waals surface area contributed by atoms with Crippen LogP contribution in [0, 0.1) is 0 Å². The first kappa shape index (κ1) is 13.6. The summed E-state index contributed by atoms with van der Waals surface area (Å²) in [5.41, 5.74) is 6.89. The van der Waals surface area contributed by atoms with E-state index < -0.39 is 0 Å². The van der Waals surface area contributed by atoms with Crippen LogP contribution in [0.4, 0.5) is 0 Å². The van der Waals surface area contributed by atoms with Gasteiger partial charge in [0.25, 0.3) is 0 Å². The molecule has 0 aliphatic carbocycles. The van der Waals surface area contributed by atoms with Gasteiger partial charge in [0.15, 0.2) is 0 Å². The summed E-state index contributed by atoms with van der Waals surface area (Å²) in [6.45, 7) is 5.02. The van der Waals surface area contributed by atoms with Crippen molar-refractivity contribution in [2.45, 2.75) is 39.5 Å². The van der Waals surface area contributed by atoms with Gasteiger partial charge in [-0.15, -0.1) is 12.4 Å². The fraction of sp³-hybridized carbons (Fsp3) is 0.778. The highest BCUT2D eigenvalue weighted by atomic mass is 35.5. The van der Waals surface area contributed by atoms with E-state index in [4.69, 9.17) is 5.73 Å². The van der Waals surface area contributed by atoms with E-state index in [0.29, 0.717) is 0 Å². The molecule has 0 aliphatic heterocycles. The Hall–Kier alpha value is -0.0100. The maximum Gasteiger partial charge on any atom is 0.0136 e. The molecule has 0 saturated heterocycles. The van der Waals surface area contributed by atoms with E-state index >= 15 is 0 Å².